The molecule has 3 N–H and O–H groups in total. The Morgan fingerprint density at radius 1 is 1.35 bits per heavy atom. The van der Waals surface area contributed by atoms with Crippen molar-refractivity contribution < 1.29 is 9.66 Å². The van der Waals surface area contributed by atoms with Crippen LogP contribution in [-0.4, -0.2) is 22.0 Å². The summed E-state index contributed by atoms with van der Waals surface area (Å²) in [5.41, 5.74) is 1.94. The summed E-state index contributed by atoms with van der Waals surface area (Å²) < 4.78 is 5.05. The van der Waals surface area contributed by atoms with Crippen LogP contribution in [0.5, 0.6) is 5.75 Å². The van der Waals surface area contributed by atoms with Crippen LogP contribution < -0.4 is 16.0 Å². The Balaban J connectivity index is 2.34. The molecule has 0 atom stereocenters. The van der Waals surface area contributed by atoms with Gasteiger partial charge < -0.3 is 10.2 Å². The van der Waals surface area contributed by atoms with E-state index in [1.54, 1.807) is 31.4 Å². The summed E-state index contributed by atoms with van der Waals surface area (Å²) in [7, 11) is 1.57. The number of nitrogens with zero attached hydrogens (tertiary/aromatic N) is 3. The molecule has 0 amide bonds. The van der Waals surface area contributed by atoms with Gasteiger partial charge in [0.15, 0.2) is 5.03 Å². The molecule has 0 aliphatic carbocycles. The molecule has 0 spiro atoms. The maximum Gasteiger partial charge on any atom is 0.344 e. The maximum absolute atomic E-state index is 11.1. The van der Waals surface area contributed by atoms with Crippen molar-refractivity contribution in [3.63, 3.8) is 0 Å². The molecular formula is C11H11N5O3S. The lowest BCUT2D eigenvalue weighted by atomic mass is 10.3. The van der Waals surface area contributed by atoms with E-state index in [9.17, 15) is 10.1 Å². The molecule has 0 saturated carbocycles. The summed E-state index contributed by atoms with van der Waals surface area (Å²) in [5, 5.41) is 11.3. The second-order valence-corrected chi connectivity index (χ2v) is 4.62. The van der Waals surface area contributed by atoms with E-state index >= 15 is 0 Å². The predicted octanol–water partition coefficient (Wildman–Crippen LogP) is 1.83. The van der Waals surface area contributed by atoms with Gasteiger partial charge in [-0.15, -0.1) is 0 Å². The minimum Gasteiger partial charge on any atom is -0.497 e. The highest BCUT2D eigenvalue weighted by molar-refractivity contribution is 7.99. The quantitative estimate of drug-likeness (QED) is 0.371. The van der Waals surface area contributed by atoms with Crippen molar-refractivity contribution in [3.05, 3.63) is 40.7 Å². The molecule has 9 heteroatoms. The van der Waals surface area contributed by atoms with Crippen molar-refractivity contribution in [2.24, 2.45) is 5.84 Å². The summed E-state index contributed by atoms with van der Waals surface area (Å²) >= 11 is 1.15. The number of methoxy groups -OCH3 is 1. The third kappa shape index (κ3) is 2.95. The van der Waals surface area contributed by atoms with Gasteiger partial charge in [0.25, 0.3) is 0 Å². The Morgan fingerprint density at radius 2 is 2.05 bits per heavy atom. The van der Waals surface area contributed by atoms with Crippen molar-refractivity contribution in [1.29, 1.82) is 0 Å². The molecule has 2 aromatic rings. The molecule has 0 bridgehead atoms. The Hall–Kier alpha value is -2.39. The Kier molecular flexibility index (Phi) is 4.33. The first-order valence-corrected chi connectivity index (χ1v) is 6.25. The van der Waals surface area contributed by atoms with E-state index in [1.807, 2.05) is 0 Å². The Bertz CT molecular complexity index is 620. The van der Waals surface area contributed by atoms with Crippen LogP contribution in [0.1, 0.15) is 0 Å². The first kappa shape index (κ1) is 14.0. The van der Waals surface area contributed by atoms with Crippen LogP contribution in [0.25, 0.3) is 0 Å². The largest absolute Gasteiger partial charge is 0.497 e. The fraction of sp³-hybridized carbons (Fsp3) is 0.0909. The van der Waals surface area contributed by atoms with Crippen LogP contribution in [0.4, 0.5) is 11.5 Å². The van der Waals surface area contributed by atoms with Gasteiger partial charge in [0.2, 0.25) is 5.82 Å². The topological polar surface area (TPSA) is 116 Å². The molecule has 0 aliphatic rings. The lowest BCUT2D eigenvalue weighted by molar-refractivity contribution is -0.387. The van der Waals surface area contributed by atoms with E-state index in [1.165, 1.54) is 6.33 Å². The van der Waals surface area contributed by atoms with Crippen LogP contribution in [0, 0.1) is 10.1 Å². The predicted molar refractivity (Wildman–Crippen MR) is 73.6 cm³/mol. The van der Waals surface area contributed by atoms with Gasteiger partial charge in [-0.3, -0.25) is 10.1 Å². The van der Waals surface area contributed by atoms with Crippen molar-refractivity contribution in [2.45, 2.75) is 9.92 Å². The number of rotatable bonds is 5. The Labute approximate surface area is 118 Å². The molecule has 2 rings (SSSR count). The van der Waals surface area contributed by atoms with Crippen molar-refractivity contribution in [1.82, 2.24) is 9.97 Å². The van der Waals surface area contributed by atoms with Gasteiger partial charge in [0, 0.05) is 4.90 Å². The summed E-state index contributed by atoms with van der Waals surface area (Å²) in [5.74, 6) is 5.90. The second-order valence-electron chi connectivity index (χ2n) is 3.56. The number of nitrogen functional groups attached to an aromatic ring is 1. The van der Waals surface area contributed by atoms with Gasteiger partial charge in [-0.25, -0.2) is 15.8 Å². The number of nitro groups is 1. The summed E-state index contributed by atoms with van der Waals surface area (Å²) in [6, 6.07) is 7.09. The molecule has 0 fully saturated rings. The number of hydrogen-bond acceptors (Lipinski definition) is 8. The molecule has 1 heterocycles. The average Bonchev–Trinajstić information content (AvgIpc) is 2.47. The van der Waals surface area contributed by atoms with Gasteiger partial charge in [-0.05, 0) is 24.3 Å². The SMILES string of the molecule is COc1ccc(Sc2ncnc(NN)c2[N+](=O)[O-])cc1. The molecule has 1 aromatic carbocycles. The fourth-order valence-electron chi connectivity index (χ4n) is 1.46. The van der Waals surface area contributed by atoms with Crippen LogP contribution >= 0.6 is 11.8 Å². The van der Waals surface area contributed by atoms with Crippen LogP contribution in [0.2, 0.25) is 0 Å². The first-order valence-electron chi connectivity index (χ1n) is 5.43. The number of nitrogens with two attached hydrogens (primary N) is 1. The summed E-state index contributed by atoms with van der Waals surface area (Å²) in [6.45, 7) is 0. The molecule has 0 radical (unpaired) electrons. The minimum absolute atomic E-state index is 0.0268. The summed E-state index contributed by atoms with van der Waals surface area (Å²) in [4.78, 5) is 19.0. The maximum atomic E-state index is 11.1. The molecular weight excluding hydrogens is 282 g/mol. The van der Waals surface area contributed by atoms with E-state index in [0.717, 1.165) is 16.7 Å². The zero-order chi connectivity index (χ0) is 14.5. The van der Waals surface area contributed by atoms with Gasteiger partial charge in [-0.1, -0.05) is 11.8 Å². The number of hydrogen-bond donors (Lipinski definition) is 2. The van der Waals surface area contributed by atoms with E-state index in [0.29, 0.717) is 5.75 Å². The lowest BCUT2D eigenvalue weighted by Gasteiger charge is -2.05. The minimum atomic E-state index is -0.568. The molecule has 104 valence electrons. The van der Waals surface area contributed by atoms with Crippen LogP contribution in [0.3, 0.4) is 0 Å². The Morgan fingerprint density at radius 3 is 2.60 bits per heavy atom. The number of nitrogens with one attached hydrogen (secondary N) is 1. The normalized spacial score (nSPS) is 10.1. The van der Waals surface area contributed by atoms with Crippen molar-refractivity contribution in [2.75, 3.05) is 12.5 Å². The van der Waals surface area contributed by atoms with Gasteiger partial charge in [0.1, 0.15) is 12.1 Å². The van der Waals surface area contributed by atoms with E-state index in [4.69, 9.17) is 10.6 Å². The standard InChI is InChI=1S/C11H11N5O3S/c1-19-7-2-4-8(5-3-7)20-11-9(16(17)18)10(15-12)13-6-14-11/h2-6H,12H2,1H3,(H,13,14,15). The van der Waals surface area contributed by atoms with E-state index in [-0.39, 0.29) is 16.5 Å². The fourth-order valence-corrected chi connectivity index (χ4v) is 2.33. The van der Waals surface area contributed by atoms with Crippen LogP contribution in [0.15, 0.2) is 40.5 Å². The summed E-state index contributed by atoms with van der Waals surface area (Å²) in [6.07, 6.45) is 1.22. The number of anilines is 1. The lowest BCUT2D eigenvalue weighted by Crippen LogP contribution is -2.11. The molecule has 0 unspecified atom stereocenters. The highest BCUT2D eigenvalue weighted by Crippen LogP contribution is 2.36. The van der Waals surface area contributed by atoms with Gasteiger partial charge >= 0.3 is 5.69 Å². The van der Waals surface area contributed by atoms with Crippen molar-refractivity contribution >= 4 is 23.3 Å². The number of ether oxygens (including phenoxy) is 1. The zero-order valence-corrected chi connectivity index (χ0v) is 11.3. The third-order valence-electron chi connectivity index (χ3n) is 2.38. The molecule has 0 saturated heterocycles. The monoisotopic (exact) mass is 293 g/mol. The molecule has 1 aromatic heterocycles. The second kappa shape index (κ2) is 6.17. The van der Waals surface area contributed by atoms with Crippen LogP contribution in [-0.2, 0) is 0 Å². The zero-order valence-electron chi connectivity index (χ0n) is 10.4. The van der Waals surface area contributed by atoms with Crippen molar-refractivity contribution in [3.8, 4) is 5.75 Å². The average molecular weight is 293 g/mol. The first-order chi connectivity index (χ1) is 9.65. The van der Waals surface area contributed by atoms with Gasteiger partial charge in [0.05, 0.1) is 12.0 Å². The number of aromatic nitrogens is 2. The highest BCUT2D eigenvalue weighted by Gasteiger charge is 2.23. The number of benzene rings is 1. The smallest absolute Gasteiger partial charge is 0.344 e. The molecule has 8 nitrogen and oxygen atoms in total. The highest BCUT2D eigenvalue weighted by atomic mass is 32.2. The molecule has 20 heavy (non-hydrogen) atoms. The molecule has 0 aliphatic heterocycles. The van der Waals surface area contributed by atoms with E-state index < -0.39 is 4.92 Å². The van der Waals surface area contributed by atoms with Gasteiger partial charge in [-0.2, -0.15) is 0 Å². The third-order valence-corrected chi connectivity index (χ3v) is 3.38. The van der Waals surface area contributed by atoms with E-state index in [2.05, 4.69) is 15.4 Å². The number of hydrazine groups is 1.